The Bertz CT molecular complexity index is 423. The van der Waals surface area contributed by atoms with E-state index in [0.717, 1.165) is 5.56 Å². The Kier molecular flexibility index (Phi) is 6.60. The summed E-state index contributed by atoms with van der Waals surface area (Å²) in [4.78, 5) is 4.84. The highest BCUT2D eigenvalue weighted by Gasteiger charge is 1.94. The van der Waals surface area contributed by atoms with Crippen LogP contribution in [0.15, 0.2) is 34.5 Å². The predicted molar refractivity (Wildman–Crippen MR) is 71.6 cm³/mol. The molecule has 1 aromatic rings. The van der Waals surface area contributed by atoms with Crippen LogP contribution in [-0.4, -0.2) is 32.5 Å². The minimum Gasteiger partial charge on any atom is -0.390 e. The third-order valence-corrected chi connectivity index (χ3v) is 2.17. The Morgan fingerprint density at radius 2 is 2.22 bits per heavy atom. The van der Waals surface area contributed by atoms with Crippen molar-refractivity contribution >= 4 is 23.8 Å². The Morgan fingerprint density at radius 3 is 2.94 bits per heavy atom. The van der Waals surface area contributed by atoms with Crippen LogP contribution in [0.4, 0.5) is 0 Å². The van der Waals surface area contributed by atoms with Gasteiger partial charge in [0, 0.05) is 17.7 Å². The zero-order valence-corrected chi connectivity index (χ0v) is 10.7. The van der Waals surface area contributed by atoms with Crippen LogP contribution in [0.1, 0.15) is 5.56 Å². The summed E-state index contributed by atoms with van der Waals surface area (Å²) in [7, 11) is 1.57. The van der Waals surface area contributed by atoms with Crippen molar-refractivity contribution in [2.45, 2.75) is 0 Å². The van der Waals surface area contributed by atoms with Gasteiger partial charge in [0.2, 0.25) is 0 Å². The van der Waals surface area contributed by atoms with Gasteiger partial charge in [0.05, 0.1) is 12.8 Å². The first-order chi connectivity index (χ1) is 8.74. The maximum absolute atomic E-state index is 5.94. The maximum atomic E-state index is 5.94. The van der Waals surface area contributed by atoms with E-state index in [-0.39, 0.29) is 5.96 Å². The fraction of sp³-hybridized carbons (Fsp3) is 0.273. The molecule has 7 heteroatoms. The van der Waals surface area contributed by atoms with Crippen LogP contribution >= 0.6 is 11.6 Å². The van der Waals surface area contributed by atoms with Gasteiger partial charge in [-0.05, 0) is 11.2 Å². The van der Waals surface area contributed by atoms with Crippen LogP contribution in [0.2, 0.25) is 5.02 Å². The number of methoxy groups -OCH3 is 1. The number of nitrogens with two attached hydrogens (primary N) is 1. The van der Waals surface area contributed by atoms with Crippen molar-refractivity contribution in [3.63, 3.8) is 0 Å². The molecule has 1 rings (SSSR count). The Balaban J connectivity index is 2.38. The molecule has 0 saturated carbocycles. The normalized spacial score (nSPS) is 11.8. The van der Waals surface area contributed by atoms with Gasteiger partial charge < -0.3 is 15.3 Å². The summed E-state index contributed by atoms with van der Waals surface area (Å²) >= 11 is 5.94. The summed E-state index contributed by atoms with van der Waals surface area (Å²) in [5.74, 6) is 0.0504. The number of nitrogens with one attached hydrogen (secondary N) is 1. The first kappa shape index (κ1) is 14.3. The molecule has 0 aliphatic carbocycles. The quantitative estimate of drug-likeness (QED) is 0.352. The van der Waals surface area contributed by atoms with Crippen LogP contribution in [0, 0.1) is 0 Å². The summed E-state index contributed by atoms with van der Waals surface area (Å²) in [6.07, 6.45) is 1.54. The summed E-state index contributed by atoms with van der Waals surface area (Å²) in [5.41, 5.74) is 8.77. The molecule has 1 aromatic carbocycles. The standard InChI is InChI=1S/C11H15ClN4O2/c1-17-6-7-18-16-11(13)15-14-8-9-4-2-3-5-10(9)12/h2-5,8H,6-7H2,1H3,(H3,13,15,16)/b14-8+. The molecule has 0 heterocycles. The number of ether oxygens (including phenoxy) is 1. The monoisotopic (exact) mass is 270 g/mol. The van der Waals surface area contributed by atoms with Gasteiger partial charge in [0.15, 0.2) is 0 Å². The molecule has 0 aliphatic heterocycles. The number of hydrogen-bond acceptors (Lipinski definition) is 4. The van der Waals surface area contributed by atoms with Crippen molar-refractivity contribution in [3.8, 4) is 0 Å². The number of rotatable bonds is 6. The lowest BCUT2D eigenvalue weighted by molar-refractivity contribution is 0.0743. The number of halogens is 1. The van der Waals surface area contributed by atoms with E-state index in [9.17, 15) is 0 Å². The number of guanidine groups is 1. The van der Waals surface area contributed by atoms with Crippen molar-refractivity contribution in [2.75, 3.05) is 20.3 Å². The van der Waals surface area contributed by atoms with E-state index in [1.807, 2.05) is 18.2 Å². The fourth-order valence-corrected chi connectivity index (χ4v) is 1.19. The first-order valence-electron chi connectivity index (χ1n) is 5.22. The molecule has 0 saturated heterocycles. The van der Waals surface area contributed by atoms with Crippen LogP contribution in [0.3, 0.4) is 0 Å². The Hall–Kier alpha value is -1.79. The van der Waals surface area contributed by atoms with Gasteiger partial charge in [-0.3, -0.25) is 0 Å². The fourth-order valence-electron chi connectivity index (χ4n) is 1.00. The van der Waals surface area contributed by atoms with E-state index in [1.165, 1.54) is 0 Å². The van der Waals surface area contributed by atoms with E-state index in [0.29, 0.717) is 18.2 Å². The second-order valence-electron chi connectivity index (χ2n) is 3.19. The lowest BCUT2D eigenvalue weighted by Crippen LogP contribution is -2.27. The van der Waals surface area contributed by atoms with Crippen molar-refractivity contribution < 1.29 is 9.57 Å². The molecule has 0 atom stereocenters. The lowest BCUT2D eigenvalue weighted by atomic mass is 10.2. The van der Waals surface area contributed by atoms with Gasteiger partial charge in [0.1, 0.15) is 6.61 Å². The van der Waals surface area contributed by atoms with Crippen LogP contribution in [-0.2, 0) is 9.57 Å². The van der Waals surface area contributed by atoms with Gasteiger partial charge in [0.25, 0.3) is 5.96 Å². The van der Waals surface area contributed by atoms with E-state index in [2.05, 4.69) is 15.7 Å². The third kappa shape index (κ3) is 5.51. The maximum Gasteiger partial charge on any atom is 0.251 e. The Labute approximate surface area is 110 Å². The molecule has 3 N–H and O–H groups in total. The number of benzene rings is 1. The number of hydrogen-bond donors (Lipinski definition) is 2. The van der Waals surface area contributed by atoms with Gasteiger partial charge in [-0.15, -0.1) is 0 Å². The predicted octanol–water partition coefficient (Wildman–Crippen LogP) is 1.16. The summed E-state index contributed by atoms with van der Waals surface area (Å²) < 4.78 is 4.78. The smallest absolute Gasteiger partial charge is 0.251 e. The van der Waals surface area contributed by atoms with Gasteiger partial charge in [-0.1, -0.05) is 29.8 Å². The third-order valence-electron chi connectivity index (χ3n) is 1.83. The minimum atomic E-state index is 0.0504. The van der Waals surface area contributed by atoms with E-state index in [4.69, 9.17) is 26.9 Å². The van der Waals surface area contributed by atoms with E-state index in [1.54, 1.807) is 19.4 Å². The molecule has 0 radical (unpaired) electrons. The molecule has 18 heavy (non-hydrogen) atoms. The second kappa shape index (κ2) is 8.32. The Morgan fingerprint density at radius 1 is 1.44 bits per heavy atom. The summed E-state index contributed by atoms with van der Waals surface area (Å²) in [6.45, 7) is 0.771. The van der Waals surface area contributed by atoms with Crippen LogP contribution in [0.25, 0.3) is 0 Å². The molecule has 6 nitrogen and oxygen atoms in total. The average molecular weight is 271 g/mol. The molecular formula is C11H15ClN4O2. The lowest BCUT2D eigenvalue weighted by Gasteiger charge is -2.00. The topological polar surface area (TPSA) is 81.2 Å². The zero-order chi connectivity index (χ0) is 13.2. The van der Waals surface area contributed by atoms with E-state index >= 15 is 0 Å². The van der Waals surface area contributed by atoms with Crippen molar-refractivity contribution in [1.29, 1.82) is 0 Å². The second-order valence-corrected chi connectivity index (χ2v) is 3.60. The van der Waals surface area contributed by atoms with Gasteiger partial charge in [-0.25, -0.2) is 5.43 Å². The molecule has 0 fully saturated rings. The minimum absolute atomic E-state index is 0.0504. The molecule has 0 unspecified atom stereocenters. The number of hydrazone groups is 1. The van der Waals surface area contributed by atoms with Gasteiger partial charge >= 0.3 is 0 Å². The molecule has 0 aliphatic rings. The number of nitrogens with zero attached hydrogens (tertiary/aromatic N) is 2. The summed E-state index contributed by atoms with van der Waals surface area (Å²) in [6, 6.07) is 7.30. The van der Waals surface area contributed by atoms with Crippen molar-refractivity contribution in [1.82, 2.24) is 5.43 Å². The van der Waals surface area contributed by atoms with Gasteiger partial charge in [-0.2, -0.15) is 5.10 Å². The van der Waals surface area contributed by atoms with Crippen LogP contribution in [0.5, 0.6) is 0 Å². The highest BCUT2D eigenvalue weighted by atomic mass is 35.5. The van der Waals surface area contributed by atoms with Crippen LogP contribution < -0.4 is 11.2 Å². The largest absolute Gasteiger partial charge is 0.390 e. The highest BCUT2D eigenvalue weighted by Crippen LogP contribution is 2.11. The first-order valence-corrected chi connectivity index (χ1v) is 5.60. The molecule has 0 bridgehead atoms. The average Bonchev–Trinajstić information content (AvgIpc) is 2.37. The molecular weight excluding hydrogens is 256 g/mol. The SMILES string of the molecule is COCCO/N=C(\N)N/N=C/c1ccccc1Cl. The highest BCUT2D eigenvalue weighted by molar-refractivity contribution is 6.33. The summed E-state index contributed by atoms with van der Waals surface area (Å²) in [5, 5.41) is 8.05. The van der Waals surface area contributed by atoms with E-state index < -0.39 is 0 Å². The zero-order valence-electron chi connectivity index (χ0n) is 9.97. The molecule has 98 valence electrons. The molecule has 0 aromatic heterocycles. The van der Waals surface area contributed by atoms with Crippen molar-refractivity contribution in [2.24, 2.45) is 16.0 Å². The molecule has 0 spiro atoms. The van der Waals surface area contributed by atoms with Crippen molar-refractivity contribution in [3.05, 3.63) is 34.9 Å². The number of oxime groups is 1. The molecule has 0 amide bonds.